The van der Waals surface area contributed by atoms with Crippen LogP contribution in [0, 0.1) is 0 Å². The lowest BCUT2D eigenvalue weighted by atomic mass is 9.94. The Morgan fingerprint density at radius 1 is 1.37 bits per heavy atom. The van der Waals surface area contributed by atoms with Crippen LogP contribution in [-0.4, -0.2) is 54.0 Å². The number of amides is 1. The highest BCUT2D eigenvalue weighted by atomic mass is 16.2. The van der Waals surface area contributed by atoms with Crippen molar-refractivity contribution in [3.8, 4) is 0 Å². The molecular weight excluding hydrogens is 238 g/mol. The van der Waals surface area contributed by atoms with Gasteiger partial charge in [-0.3, -0.25) is 9.69 Å². The van der Waals surface area contributed by atoms with E-state index in [-0.39, 0.29) is 11.4 Å². The van der Waals surface area contributed by atoms with E-state index in [9.17, 15) is 4.79 Å². The lowest BCUT2D eigenvalue weighted by Crippen LogP contribution is -2.46. The highest BCUT2D eigenvalue weighted by molar-refractivity contribution is 5.77. The highest BCUT2D eigenvalue weighted by Gasteiger charge is 2.33. The third-order valence-corrected chi connectivity index (χ3v) is 4.92. The van der Waals surface area contributed by atoms with Gasteiger partial charge in [-0.25, -0.2) is 0 Å². The predicted octanol–water partition coefficient (Wildman–Crippen LogP) is 1.59. The molecule has 19 heavy (non-hydrogen) atoms. The summed E-state index contributed by atoms with van der Waals surface area (Å²) in [5, 5.41) is 0. The van der Waals surface area contributed by atoms with Crippen LogP contribution in [-0.2, 0) is 4.79 Å². The van der Waals surface area contributed by atoms with Gasteiger partial charge >= 0.3 is 0 Å². The molecule has 1 aliphatic carbocycles. The average molecular weight is 267 g/mol. The largest absolute Gasteiger partial charge is 0.344 e. The van der Waals surface area contributed by atoms with Crippen molar-refractivity contribution in [1.29, 1.82) is 0 Å². The zero-order valence-electron chi connectivity index (χ0n) is 12.5. The first-order valence-corrected chi connectivity index (χ1v) is 7.81. The summed E-state index contributed by atoms with van der Waals surface area (Å²) in [6.07, 6.45) is 7.40. The second-order valence-electron chi connectivity index (χ2n) is 6.45. The van der Waals surface area contributed by atoms with Crippen molar-refractivity contribution in [2.24, 2.45) is 5.73 Å². The number of likely N-dealkylation sites (N-methyl/N-ethyl adjacent to an activating group) is 2. The smallest absolute Gasteiger partial charge is 0.224 e. The maximum absolute atomic E-state index is 12.3. The number of carbonyl (C=O) groups is 1. The topological polar surface area (TPSA) is 49.6 Å². The summed E-state index contributed by atoms with van der Waals surface area (Å²) < 4.78 is 0. The average Bonchev–Trinajstić information content (AvgIpc) is 2.98. The van der Waals surface area contributed by atoms with Crippen molar-refractivity contribution < 1.29 is 4.79 Å². The predicted molar refractivity (Wildman–Crippen MR) is 77.9 cm³/mol. The SMILES string of the molecule is CCN1CCCC1CN(C)C(=O)CC1(N)CCCC1. The number of nitrogens with zero attached hydrogens (tertiary/aromatic N) is 2. The van der Waals surface area contributed by atoms with Gasteiger partial charge in [0.2, 0.25) is 5.91 Å². The molecule has 0 aromatic heterocycles. The molecule has 2 fully saturated rings. The van der Waals surface area contributed by atoms with Gasteiger partial charge in [-0.2, -0.15) is 0 Å². The van der Waals surface area contributed by atoms with Crippen LogP contribution in [0.4, 0.5) is 0 Å². The molecule has 0 bridgehead atoms. The molecule has 1 atom stereocenters. The maximum atomic E-state index is 12.3. The Balaban J connectivity index is 1.82. The minimum Gasteiger partial charge on any atom is -0.344 e. The van der Waals surface area contributed by atoms with E-state index in [4.69, 9.17) is 5.73 Å². The van der Waals surface area contributed by atoms with Gasteiger partial charge < -0.3 is 10.6 Å². The van der Waals surface area contributed by atoms with Gasteiger partial charge in [0.15, 0.2) is 0 Å². The van der Waals surface area contributed by atoms with Crippen LogP contribution in [0.3, 0.4) is 0 Å². The number of likely N-dealkylation sites (tertiary alicyclic amines) is 1. The van der Waals surface area contributed by atoms with Crippen LogP contribution >= 0.6 is 0 Å². The Kier molecular flexibility index (Phi) is 4.85. The van der Waals surface area contributed by atoms with Crippen molar-refractivity contribution in [2.75, 3.05) is 26.7 Å². The lowest BCUT2D eigenvalue weighted by molar-refractivity contribution is -0.131. The Morgan fingerprint density at radius 3 is 2.68 bits per heavy atom. The van der Waals surface area contributed by atoms with Crippen LogP contribution in [0.25, 0.3) is 0 Å². The van der Waals surface area contributed by atoms with Gasteiger partial charge in [-0.15, -0.1) is 0 Å². The second-order valence-corrected chi connectivity index (χ2v) is 6.45. The molecule has 2 rings (SSSR count). The molecule has 4 heteroatoms. The first-order chi connectivity index (χ1) is 9.04. The number of carbonyl (C=O) groups excluding carboxylic acids is 1. The maximum Gasteiger partial charge on any atom is 0.224 e. The molecule has 0 spiro atoms. The number of hydrogen-bond acceptors (Lipinski definition) is 3. The number of rotatable bonds is 5. The van der Waals surface area contributed by atoms with Crippen LogP contribution in [0.5, 0.6) is 0 Å². The molecule has 1 aliphatic heterocycles. The van der Waals surface area contributed by atoms with Gasteiger partial charge in [0, 0.05) is 31.6 Å². The monoisotopic (exact) mass is 267 g/mol. The number of hydrogen-bond donors (Lipinski definition) is 1. The zero-order valence-corrected chi connectivity index (χ0v) is 12.5. The summed E-state index contributed by atoms with van der Waals surface area (Å²) in [5.74, 6) is 0.229. The molecule has 0 aromatic rings. The van der Waals surface area contributed by atoms with Crippen molar-refractivity contribution in [3.05, 3.63) is 0 Å². The Bertz CT molecular complexity index is 313. The van der Waals surface area contributed by atoms with Crippen molar-refractivity contribution in [1.82, 2.24) is 9.80 Å². The summed E-state index contributed by atoms with van der Waals surface area (Å²) in [4.78, 5) is 16.7. The van der Waals surface area contributed by atoms with Gasteiger partial charge in [-0.1, -0.05) is 19.8 Å². The molecule has 2 aliphatic rings. The van der Waals surface area contributed by atoms with Crippen molar-refractivity contribution >= 4 is 5.91 Å². The molecule has 110 valence electrons. The Morgan fingerprint density at radius 2 is 2.05 bits per heavy atom. The fraction of sp³-hybridized carbons (Fsp3) is 0.933. The molecule has 1 saturated heterocycles. The molecule has 0 radical (unpaired) electrons. The van der Waals surface area contributed by atoms with Crippen LogP contribution < -0.4 is 5.73 Å². The summed E-state index contributed by atoms with van der Waals surface area (Å²) in [6, 6.07) is 0.552. The molecule has 1 unspecified atom stereocenters. The van der Waals surface area contributed by atoms with Crippen LogP contribution in [0.1, 0.15) is 51.9 Å². The van der Waals surface area contributed by atoms with E-state index in [0.29, 0.717) is 12.5 Å². The molecule has 1 heterocycles. The van der Waals surface area contributed by atoms with Gasteiger partial charge in [0.1, 0.15) is 0 Å². The minimum atomic E-state index is -0.217. The van der Waals surface area contributed by atoms with E-state index < -0.39 is 0 Å². The molecule has 4 nitrogen and oxygen atoms in total. The summed E-state index contributed by atoms with van der Waals surface area (Å²) >= 11 is 0. The Labute approximate surface area is 117 Å². The zero-order chi connectivity index (χ0) is 13.9. The quantitative estimate of drug-likeness (QED) is 0.823. The third-order valence-electron chi connectivity index (χ3n) is 4.92. The Hall–Kier alpha value is -0.610. The third kappa shape index (κ3) is 3.69. The molecular formula is C15H29N3O. The minimum absolute atomic E-state index is 0.217. The van der Waals surface area contributed by atoms with Crippen LogP contribution in [0.15, 0.2) is 0 Å². The van der Waals surface area contributed by atoms with E-state index in [1.54, 1.807) is 0 Å². The van der Waals surface area contributed by atoms with Crippen molar-refractivity contribution in [3.63, 3.8) is 0 Å². The van der Waals surface area contributed by atoms with Gasteiger partial charge in [-0.05, 0) is 38.8 Å². The molecule has 1 saturated carbocycles. The fourth-order valence-electron chi connectivity index (χ4n) is 3.63. The van der Waals surface area contributed by atoms with E-state index in [1.807, 2.05) is 11.9 Å². The first-order valence-electron chi connectivity index (χ1n) is 7.81. The highest BCUT2D eigenvalue weighted by Crippen LogP contribution is 2.30. The standard InChI is InChI=1S/C15H29N3O/c1-3-18-10-6-7-13(18)12-17(2)14(19)11-15(16)8-4-5-9-15/h13H,3-12,16H2,1-2H3. The molecule has 1 amide bonds. The summed E-state index contributed by atoms with van der Waals surface area (Å²) in [6.45, 7) is 5.34. The second kappa shape index (κ2) is 6.23. The lowest BCUT2D eigenvalue weighted by Gasteiger charge is -2.30. The van der Waals surface area contributed by atoms with Crippen LogP contribution in [0.2, 0.25) is 0 Å². The van der Waals surface area contributed by atoms with E-state index in [2.05, 4.69) is 11.8 Å². The van der Waals surface area contributed by atoms with E-state index >= 15 is 0 Å². The van der Waals surface area contributed by atoms with Gasteiger partial charge in [0.25, 0.3) is 0 Å². The van der Waals surface area contributed by atoms with E-state index in [1.165, 1.54) is 32.2 Å². The normalized spacial score (nSPS) is 26.8. The van der Waals surface area contributed by atoms with E-state index in [0.717, 1.165) is 25.9 Å². The first kappa shape index (κ1) is 14.8. The summed E-state index contributed by atoms with van der Waals surface area (Å²) in [5.41, 5.74) is 6.08. The van der Waals surface area contributed by atoms with Crippen molar-refractivity contribution in [2.45, 2.75) is 63.5 Å². The molecule has 0 aromatic carbocycles. The summed E-state index contributed by atoms with van der Waals surface area (Å²) in [7, 11) is 1.94. The number of nitrogens with two attached hydrogens (primary N) is 1. The molecule has 2 N–H and O–H groups in total. The fourth-order valence-corrected chi connectivity index (χ4v) is 3.63. The van der Waals surface area contributed by atoms with Gasteiger partial charge in [0.05, 0.1) is 0 Å².